The van der Waals surface area contributed by atoms with E-state index in [0.29, 0.717) is 13.1 Å². The maximum Gasteiger partial charge on any atom is 0.315 e. The molecule has 25 heavy (non-hydrogen) atoms. The summed E-state index contributed by atoms with van der Waals surface area (Å²) in [5.41, 5.74) is 2.42. The number of rotatable bonds is 7. The predicted molar refractivity (Wildman–Crippen MR) is 99.1 cm³/mol. The standard InChI is InChI=1S/C20H31N3O2/c1-16-5-4-10-23(12-16)13-18-7-3-2-6-17(18)11-21-19(25)22-14-20(15-24)8-9-20/h2-3,6-7,16,24H,4-5,8-15H2,1H3,(H2,21,22,25). The molecule has 0 aromatic heterocycles. The smallest absolute Gasteiger partial charge is 0.315 e. The van der Waals surface area contributed by atoms with Gasteiger partial charge < -0.3 is 15.7 Å². The van der Waals surface area contributed by atoms with E-state index in [1.165, 1.54) is 24.0 Å². The van der Waals surface area contributed by atoms with Crippen molar-refractivity contribution in [3.8, 4) is 0 Å². The molecular weight excluding hydrogens is 314 g/mol. The molecule has 2 aliphatic rings. The van der Waals surface area contributed by atoms with Crippen molar-refractivity contribution in [1.82, 2.24) is 15.5 Å². The third-order valence-electron chi connectivity index (χ3n) is 5.61. The zero-order valence-corrected chi connectivity index (χ0v) is 15.3. The summed E-state index contributed by atoms with van der Waals surface area (Å²) in [6.45, 7) is 6.85. The Morgan fingerprint density at radius 1 is 1.28 bits per heavy atom. The largest absolute Gasteiger partial charge is 0.396 e. The van der Waals surface area contributed by atoms with Gasteiger partial charge in [0.05, 0.1) is 6.61 Å². The van der Waals surface area contributed by atoms with Gasteiger partial charge in [0.2, 0.25) is 0 Å². The molecule has 1 aliphatic carbocycles. The van der Waals surface area contributed by atoms with Crippen molar-refractivity contribution in [3.63, 3.8) is 0 Å². The van der Waals surface area contributed by atoms with Crippen LogP contribution in [-0.2, 0) is 13.1 Å². The van der Waals surface area contributed by atoms with Crippen molar-refractivity contribution >= 4 is 6.03 Å². The number of carbonyl (C=O) groups excluding carboxylic acids is 1. The second kappa shape index (κ2) is 8.19. The van der Waals surface area contributed by atoms with E-state index in [1.54, 1.807) is 0 Å². The summed E-state index contributed by atoms with van der Waals surface area (Å²) in [5.74, 6) is 0.770. The molecule has 1 saturated heterocycles. The Morgan fingerprint density at radius 3 is 2.72 bits per heavy atom. The van der Waals surface area contributed by atoms with Gasteiger partial charge in [0.15, 0.2) is 0 Å². The first-order valence-electron chi connectivity index (χ1n) is 9.52. The van der Waals surface area contributed by atoms with E-state index in [4.69, 9.17) is 0 Å². The number of benzene rings is 1. The minimum Gasteiger partial charge on any atom is -0.396 e. The molecule has 0 radical (unpaired) electrons. The third kappa shape index (κ3) is 5.19. The minimum atomic E-state index is -0.152. The van der Waals surface area contributed by atoms with Gasteiger partial charge in [-0.3, -0.25) is 4.90 Å². The predicted octanol–water partition coefficient (Wildman–Crippen LogP) is 2.49. The average Bonchev–Trinajstić information content (AvgIpc) is 3.40. The number of carbonyl (C=O) groups is 1. The lowest BCUT2D eigenvalue weighted by Gasteiger charge is -2.31. The minimum absolute atomic E-state index is 0.0554. The molecular formula is C20H31N3O2. The highest BCUT2D eigenvalue weighted by atomic mass is 16.3. The van der Waals surface area contributed by atoms with Gasteiger partial charge in [0.1, 0.15) is 0 Å². The van der Waals surface area contributed by atoms with Gasteiger partial charge in [0, 0.05) is 31.6 Å². The normalized spacial score (nSPS) is 22.4. The molecule has 1 aromatic rings. The molecule has 5 heteroatoms. The highest BCUT2D eigenvalue weighted by Gasteiger charge is 2.42. The molecule has 138 valence electrons. The third-order valence-corrected chi connectivity index (χ3v) is 5.61. The molecule has 0 bridgehead atoms. The Bertz CT molecular complexity index is 586. The van der Waals surface area contributed by atoms with Crippen LogP contribution in [0.15, 0.2) is 24.3 Å². The van der Waals surface area contributed by atoms with Crippen molar-refractivity contribution in [2.45, 2.75) is 45.7 Å². The van der Waals surface area contributed by atoms with Crippen LogP contribution in [0.2, 0.25) is 0 Å². The summed E-state index contributed by atoms with van der Waals surface area (Å²) in [6.07, 6.45) is 4.60. The highest BCUT2D eigenvalue weighted by molar-refractivity contribution is 5.74. The monoisotopic (exact) mass is 345 g/mol. The topological polar surface area (TPSA) is 64.6 Å². The lowest BCUT2D eigenvalue weighted by Crippen LogP contribution is -2.39. The highest BCUT2D eigenvalue weighted by Crippen LogP contribution is 2.44. The Labute approximate surface area is 150 Å². The van der Waals surface area contributed by atoms with E-state index in [0.717, 1.165) is 38.4 Å². The van der Waals surface area contributed by atoms with Crippen molar-refractivity contribution in [2.24, 2.45) is 11.3 Å². The fourth-order valence-electron chi connectivity index (χ4n) is 3.63. The molecule has 2 fully saturated rings. The van der Waals surface area contributed by atoms with Gasteiger partial charge in [-0.2, -0.15) is 0 Å². The number of aliphatic hydroxyl groups excluding tert-OH is 1. The average molecular weight is 345 g/mol. The maximum absolute atomic E-state index is 12.0. The summed E-state index contributed by atoms with van der Waals surface area (Å²) in [5, 5.41) is 15.2. The molecule has 3 rings (SSSR count). The zero-order chi connectivity index (χ0) is 17.7. The number of urea groups is 1. The number of nitrogens with one attached hydrogen (secondary N) is 2. The molecule has 3 N–H and O–H groups in total. The van der Waals surface area contributed by atoms with Crippen LogP contribution in [0.4, 0.5) is 4.79 Å². The van der Waals surface area contributed by atoms with Crippen LogP contribution < -0.4 is 10.6 Å². The quantitative estimate of drug-likeness (QED) is 0.711. The van der Waals surface area contributed by atoms with Crippen molar-refractivity contribution in [2.75, 3.05) is 26.2 Å². The van der Waals surface area contributed by atoms with E-state index >= 15 is 0 Å². The molecule has 1 saturated carbocycles. The van der Waals surface area contributed by atoms with Crippen molar-refractivity contribution in [3.05, 3.63) is 35.4 Å². The van der Waals surface area contributed by atoms with Crippen LogP contribution in [0.1, 0.15) is 43.7 Å². The van der Waals surface area contributed by atoms with Crippen molar-refractivity contribution in [1.29, 1.82) is 0 Å². The van der Waals surface area contributed by atoms with E-state index < -0.39 is 0 Å². The lowest BCUT2D eigenvalue weighted by atomic mass is 9.99. The molecule has 0 spiro atoms. The van der Waals surface area contributed by atoms with E-state index in [1.807, 2.05) is 6.07 Å². The van der Waals surface area contributed by atoms with Gasteiger partial charge in [-0.25, -0.2) is 4.79 Å². The second-order valence-corrected chi connectivity index (χ2v) is 7.95. The van der Waals surface area contributed by atoms with Gasteiger partial charge >= 0.3 is 6.03 Å². The van der Waals surface area contributed by atoms with Gasteiger partial charge in [-0.05, 0) is 49.3 Å². The Kier molecular flexibility index (Phi) is 5.97. The molecule has 1 unspecified atom stereocenters. The summed E-state index contributed by atoms with van der Waals surface area (Å²) < 4.78 is 0. The number of amides is 2. The van der Waals surface area contributed by atoms with Crippen LogP contribution in [0.25, 0.3) is 0 Å². The van der Waals surface area contributed by atoms with E-state index in [2.05, 4.69) is 40.7 Å². The molecule has 1 heterocycles. The van der Waals surface area contributed by atoms with Crippen molar-refractivity contribution < 1.29 is 9.90 Å². The number of aliphatic hydroxyl groups is 1. The van der Waals surface area contributed by atoms with Crippen LogP contribution in [0.3, 0.4) is 0 Å². The number of piperidine rings is 1. The van der Waals surface area contributed by atoms with Gasteiger partial charge in [0.25, 0.3) is 0 Å². The summed E-state index contributed by atoms with van der Waals surface area (Å²) >= 11 is 0. The Balaban J connectivity index is 1.49. The lowest BCUT2D eigenvalue weighted by molar-refractivity contribution is 0.176. The summed E-state index contributed by atoms with van der Waals surface area (Å²) in [4.78, 5) is 14.6. The Morgan fingerprint density at radius 2 is 2.04 bits per heavy atom. The fraction of sp³-hybridized carbons (Fsp3) is 0.650. The molecule has 2 amide bonds. The Hall–Kier alpha value is -1.59. The fourth-order valence-corrected chi connectivity index (χ4v) is 3.63. The van der Waals surface area contributed by atoms with E-state index in [-0.39, 0.29) is 18.1 Å². The SMILES string of the molecule is CC1CCCN(Cc2ccccc2CNC(=O)NCC2(CO)CC2)C1. The first-order valence-corrected chi connectivity index (χ1v) is 9.52. The zero-order valence-electron chi connectivity index (χ0n) is 15.3. The second-order valence-electron chi connectivity index (χ2n) is 7.95. The van der Waals surface area contributed by atoms with E-state index in [9.17, 15) is 9.90 Å². The van der Waals surface area contributed by atoms with Crippen LogP contribution >= 0.6 is 0 Å². The molecule has 5 nitrogen and oxygen atoms in total. The number of likely N-dealkylation sites (tertiary alicyclic amines) is 1. The maximum atomic E-state index is 12.0. The number of hydrogen-bond acceptors (Lipinski definition) is 3. The number of nitrogens with zero attached hydrogens (tertiary/aromatic N) is 1. The number of hydrogen-bond donors (Lipinski definition) is 3. The van der Waals surface area contributed by atoms with Crippen LogP contribution in [-0.4, -0.2) is 42.3 Å². The molecule has 1 aliphatic heterocycles. The van der Waals surface area contributed by atoms with Gasteiger partial charge in [-0.1, -0.05) is 31.2 Å². The van der Waals surface area contributed by atoms with Crippen LogP contribution in [0, 0.1) is 11.3 Å². The summed E-state index contributed by atoms with van der Waals surface area (Å²) in [7, 11) is 0. The van der Waals surface area contributed by atoms with Crippen LogP contribution in [0.5, 0.6) is 0 Å². The molecule has 1 atom stereocenters. The first-order chi connectivity index (χ1) is 12.1. The molecule has 1 aromatic carbocycles. The summed E-state index contributed by atoms with van der Waals surface area (Å²) in [6, 6.07) is 8.21. The van der Waals surface area contributed by atoms with Gasteiger partial charge in [-0.15, -0.1) is 0 Å². The first kappa shape index (κ1) is 18.2.